The number of anilines is 1. The van der Waals surface area contributed by atoms with Crippen molar-refractivity contribution in [3.63, 3.8) is 0 Å². The summed E-state index contributed by atoms with van der Waals surface area (Å²) in [5.74, 6) is -0.951. The van der Waals surface area contributed by atoms with Gasteiger partial charge in [-0.2, -0.15) is 0 Å². The van der Waals surface area contributed by atoms with Crippen LogP contribution in [0.1, 0.15) is 46.6 Å². The molecule has 0 spiro atoms. The van der Waals surface area contributed by atoms with Crippen LogP contribution in [0.15, 0.2) is 34.7 Å². The quantitative estimate of drug-likeness (QED) is 0.641. The van der Waals surface area contributed by atoms with Crippen LogP contribution in [0.2, 0.25) is 0 Å². The Morgan fingerprint density at radius 1 is 1.21 bits per heavy atom. The number of ether oxygens (including phenoxy) is 1. The Morgan fingerprint density at radius 2 is 2.07 bits per heavy atom. The molecule has 9 heteroatoms. The predicted molar refractivity (Wildman–Crippen MR) is 98.5 cm³/mol. The number of furan rings is 1. The fraction of sp³-hybridized carbons (Fsp3) is 0.368. The molecule has 1 aromatic heterocycles. The average Bonchev–Trinajstić information content (AvgIpc) is 3.18. The third-order valence-corrected chi connectivity index (χ3v) is 5.06. The van der Waals surface area contributed by atoms with Gasteiger partial charge < -0.3 is 19.4 Å². The van der Waals surface area contributed by atoms with Crippen molar-refractivity contribution >= 4 is 23.4 Å². The second-order valence-corrected chi connectivity index (χ2v) is 6.85. The molecule has 0 radical (unpaired) electrons. The van der Waals surface area contributed by atoms with Crippen molar-refractivity contribution in [1.82, 2.24) is 4.90 Å². The minimum Gasteiger partial charge on any atom is -0.493 e. The molecule has 0 saturated carbocycles. The maximum Gasteiger partial charge on any atom is 0.433 e. The van der Waals surface area contributed by atoms with Crippen molar-refractivity contribution in [2.75, 3.05) is 18.5 Å². The van der Waals surface area contributed by atoms with Crippen LogP contribution in [0.4, 0.5) is 11.6 Å². The highest BCUT2D eigenvalue weighted by Gasteiger charge is 2.31. The molecule has 1 unspecified atom stereocenters. The Kier molecular flexibility index (Phi) is 4.72. The van der Waals surface area contributed by atoms with Crippen LogP contribution in [0.5, 0.6) is 5.75 Å². The van der Waals surface area contributed by atoms with Crippen LogP contribution < -0.4 is 10.1 Å². The van der Waals surface area contributed by atoms with Crippen molar-refractivity contribution < 1.29 is 23.7 Å². The summed E-state index contributed by atoms with van der Waals surface area (Å²) >= 11 is 0. The fourth-order valence-corrected chi connectivity index (χ4v) is 3.67. The minimum atomic E-state index is -0.715. The molecule has 2 aromatic rings. The molecule has 1 saturated heterocycles. The smallest absolute Gasteiger partial charge is 0.433 e. The van der Waals surface area contributed by atoms with Gasteiger partial charge in [-0.1, -0.05) is 0 Å². The summed E-state index contributed by atoms with van der Waals surface area (Å²) < 4.78 is 10.7. The summed E-state index contributed by atoms with van der Waals surface area (Å²) in [4.78, 5) is 37.2. The molecule has 2 aliphatic rings. The van der Waals surface area contributed by atoms with E-state index in [2.05, 4.69) is 5.32 Å². The van der Waals surface area contributed by atoms with Crippen LogP contribution >= 0.6 is 0 Å². The molecule has 0 bridgehead atoms. The van der Waals surface area contributed by atoms with Crippen LogP contribution in [0.3, 0.4) is 0 Å². The zero-order valence-corrected chi connectivity index (χ0v) is 15.1. The van der Waals surface area contributed by atoms with Crippen LogP contribution in [0, 0.1) is 10.1 Å². The van der Waals surface area contributed by atoms with Gasteiger partial charge in [0.25, 0.3) is 11.8 Å². The van der Waals surface area contributed by atoms with Gasteiger partial charge >= 0.3 is 5.88 Å². The molecule has 0 aliphatic carbocycles. The first-order valence-electron chi connectivity index (χ1n) is 9.16. The van der Waals surface area contributed by atoms with Gasteiger partial charge in [-0.25, -0.2) is 0 Å². The summed E-state index contributed by atoms with van der Waals surface area (Å²) in [5.41, 5.74) is 0.781. The van der Waals surface area contributed by atoms with Crippen molar-refractivity contribution in [3.05, 3.63) is 51.8 Å². The largest absolute Gasteiger partial charge is 0.493 e. The third-order valence-electron chi connectivity index (χ3n) is 5.06. The minimum absolute atomic E-state index is 0.107. The van der Waals surface area contributed by atoms with E-state index < -0.39 is 16.7 Å². The number of carbonyl (C=O) groups excluding carboxylic acids is 2. The second-order valence-electron chi connectivity index (χ2n) is 6.85. The number of nitrogens with zero attached hydrogens (tertiary/aromatic N) is 2. The molecule has 2 amide bonds. The topological polar surface area (TPSA) is 115 Å². The number of hydrogen-bond donors (Lipinski definition) is 1. The number of fused-ring (bicyclic) bond motifs is 2. The molecule has 2 aliphatic heterocycles. The molecule has 9 nitrogen and oxygen atoms in total. The molecule has 28 heavy (non-hydrogen) atoms. The monoisotopic (exact) mass is 385 g/mol. The number of piperidine rings is 1. The normalized spacial score (nSPS) is 18.9. The van der Waals surface area contributed by atoms with Gasteiger partial charge in [-0.15, -0.1) is 0 Å². The lowest BCUT2D eigenvalue weighted by Gasteiger charge is -2.37. The second kappa shape index (κ2) is 7.34. The molecule has 3 heterocycles. The maximum atomic E-state index is 13.0. The Labute approximate surface area is 160 Å². The SMILES string of the molecule is O=C(Nc1ccc2c(c1)C(=O)N1CCCCC1CCO2)c1ccc([N+](=O)[O-])o1. The Bertz CT molecular complexity index is 938. The predicted octanol–water partition coefficient (Wildman–Crippen LogP) is 3.22. The molecule has 1 fully saturated rings. The van der Waals surface area contributed by atoms with Gasteiger partial charge in [0.15, 0.2) is 5.76 Å². The van der Waals surface area contributed by atoms with Gasteiger partial charge in [-0.3, -0.25) is 19.7 Å². The number of rotatable bonds is 3. The Balaban J connectivity index is 1.57. The standard InChI is InChI=1S/C19H19N3O6/c23-18(16-6-7-17(28-16)22(25)26)20-12-4-5-15-14(11-12)19(24)21-9-2-1-3-13(21)8-10-27-15/h4-7,11,13H,1-3,8-10H2,(H,20,23). The molecule has 4 rings (SSSR count). The van der Waals surface area contributed by atoms with Crippen molar-refractivity contribution in [2.24, 2.45) is 0 Å². The summed E-state index contributed by atoms with van der Waals surface area (Å²) in [6, 6.07) is 7.37. The van der Waals surface area contributed by atoms with E-state index in [1.54, 1.807) is 18.2 Å². The molecule has 1 aromatic carbocycles. The number of hydrogen-bond acceptors (Lipinski definition) is 6. The van der Waals surface area contributed by atoms with Gasteiger partial charge in [0.1, 0.15) is 10.7 Å². The summed E-state index contributed by atoms with van der Waals surface area (Å²) in [6.45, 7) is 1.25. The lowest BCUT2D eigenvalue weighted by atomic mass is 9.97. The van der Waals surface area contributed by atoms with E-state index in [4.69, 9.17) is 9.15 Å². The van der Waals surface area contributed by atoms with Gasteiger partial charge in [0.05, 0.1) is 18.2 Å². The van der Waals surface area contributed by atoms with Gasteiger partial charge in [0, 0.05) is 24.7 Å². The highest BCUT2D eigenvalue weighted by Crippen LogP contribution is 2.31. The number of carbonyl (C=O) groups is 2. The average molecular weight is 385 g/mol. The van der Waals surface area contributed by atoms with E-state index in [9.17, 15) is 19.7 Å². The fourth-order valence-electron chi connectivity index (χ4n) is 3.67. The maximum absolute atomic E-state index is 13.0. The van der Waals surface area contributed by atoms with Crippen molar-refractivity contribution in [3.8, 4) is 5.75 Å². The third kappa shape index (κ3) is 3.42. The van der Waals surface area contributed by atoms with Crippen molar-refractivity contribution in [1.29, 1.82) is 0 Å². The summed E-state index contributed by atoms with van der Waals surface area (Å²) in [5, 5.41) is 13.3. The van der Waals surface area contributed by atoms with Crippen LogP contribution in [-0.4, -0.2) is 40.8 Å². The van der Waals surface area contributed by atoms with E-state index in [1.165, 1.54) is 6.07 Å². The molecule has 1 N–H and O–H groups in total. The highest BCUT2D eigenvalue weighted by molar-refractivity contribution is 6.04. The first kappa shape index (κ1) is 18.0. The highest BCUT2D eigenvalue weighted by atomic mass is 16.6. The molecular formula is C19H19N3O6. The van der Waals surface area contributed by atoms with Crippen molar-refractivity contribution in [2.45, 2.75) is 31.7 Å². The van der Waals surface area contributed by atoms with Gasteiger partial charge in [-0.05, 0) is 43.5 Å². The van der Waals surface area contributed by atoms with E-state index in [0.29, 0.717) is 23.6 Å². The number of nitro groups is 1. The van der Waals surface area contributed by atoms with Crippen LogP contribution in [-0.2, 0) is 0 Å². The molecular weight excluding hydrogens is 366 g/mol. The summed E-state index contributed by atoms with van der Waals surface area (Å²) in [6.07, 6.45) is 3.86. The number of amides is 2. The van der Waals surface area contributed by atoms with E-state index in [-0.39, 0.29) is 17.7 Å². The number of benzene rings is 1. The zero-order valence-electron chi connectivity index (χ0n) is 15.1. The van der Waals surface area contributed by atoms with Gasteiger partial charge in [0.2, 0.25) is 0 Å². The number of nitrogens with one attached hydrogen (secondary N) is 1. The van der Waals surface area contributed by atoms with E-state index in [0.717, 1.165) is 38.3 Å². The van der Waals surface area contributed by atoms with E-state index in [1.807, 2.05) is 4.90 Å². The first-order chi connectivity index (χ1) is 13.5. The first-order valence-corrected chi connectivity index (χ1v) is 9.16. The lowest BCUT2D eigenvalue weighted by molar-refractivity contribution is -0.402. The Hall–Kier alpha value is -3.36. The molecule has 146 valence electrons. The van der Waals surface area contributed by atoms with Crippen LogP contribution in [0.25, 0.3) is 0 Å². The lowest BCUT2D eigenvalue weighted by Crippen LogP contribution is -2.45. The molecule has 1 atom stereocenters. The van der Waals surface area contributed by atoms with E-state index >= 15 is 0 Å². The zero-order chi connectivity index (χ0) is 19.7. The Morgan fingerprint density at radius 3 is 2.86 bits per heavy atom. The summed E-state index contributed by atoms with van der Waals surface area (Å²) in [7, 11) is 0.